The molecule has 0 saturated heterocycles. The Balaban J connectivity index is 0.00000126. The summed E-state index contributed by atoms with van der Waals surface area (Å²) in [5.74, 6) is 1.38. The summed E-state index contributed by atoms with van der Waals surface area (Å²) < 4.78 is 11.2. The number of benzene rings is 2. The molecule has 0 atom stereocenters. The van der Waals surface area contributed by atoms with E-state index >= 15 is 0 Å². The van der Waals surface area contributed by atoms with Gasteiger partial charge in [0.15, 0.2) is 11.5 Å². The third-order valence-corrected chi connectivity index (χ3v) is 3.50. The normalized spacial score (nSPS) is 10.4. The summed E-state index contributed by atoms with van der Waals surface area (Å²) in [6.45, 7) is 6.52. The maximum absolute atomic E-state index is 5.85. The van der Waals surface area contributed by atoms with Gasteiger partial charge in [-0.2, -0.15) is 5.10 Å². The first kappa shape index (κ1) is 19.9. The zero-order valence-electron chi connectivity index (χ0n) is 16.0. The van der Waals surface area contributed by atoms with Gasteiger partial charge in [-0.05, 0) is 46.7 Å². The smallest absolute Gasteiger partial charge is 0.263 e. The lowest BCUT2D eigenvalue weighted by atomic mass is 10.2. The van der Waals surface area contributed by atoms with E-state index in [0.29, 0.717) is 18.1 Å². The maximum atomic E-state index is 5.85. The van der Waals surface area contributed by atoms with Crippen LogP contribution in [0.25, 0.3) is 0 Å². The Hall–Kier alpha value is -3.42. The van der Waals surface area contributed by atoms with Gasteiger partial charge in [0, 0.05) is 0 Å². The Morgan fingerprint density at radius 3 is 2.48 bits per heavy atom. The van der Waals surface area contributed by atoms with Crippen molar-refractivity contribution in [3.8, 4) is 11.5 Å². The summed E-state index contributed by atoms with van der Waals surface area (Å²) in [5.41, 5.74) is 8.66. The van der Waals surface area contributed by atoms with E-state index < -0.39 is 0 Å². The van der Waals surface area contributed by atoms with Crippen LogP contribution in [0.15, 0.2) is 47.6 Å². The van der Waals surface area contributed by atoms with Gasteiger partial charge in [-0.25, -0.2) is 0 Å². The van der Waals surface area contributed by atoms with Crippen LogP contribution in [0.3, 0.4) is 0 Å². The van der Waals surface area contributed by atoms with E-state index in [9.17, 15) is 0 Å². The third kappa shape index (κ3) is 5.53. The Labute approximate surface area is 158 Å². The number of aryl methyl sites for hydroxylation is 1. The Morgan fingerprint density at radius 1 is 1.11 bits per heavy atom. The van der Waals surface area contributed by atoms with E-state index in [0.717, 1.165) is 15.9 Å². The highest BCUT2D eigenvalue weighted by Gasteiger charge is 2.06. The van der Waals surface area contributed by atoms with E-state index in [1.54, 1.807) is 13.3 Å². The van der Waals surface area contributed by atoms with E-state index in [-0.39, 0.29) is 5.95 Å². The Bertz CT molecular complexity index is 874. The molecule has 0 amide bonds. The molecular weight excluding hydrogens is 344 g/mol. The molecule has 0 fully saturated rings. The highest BCUT2D eigenvalue weighted by Crippen LogP contribution is 2.28. The van der Waals surface area contributed by atoms with E-state index in [1.807, 2.05) is 44.2 Å². The summed E-state index contributed by atoms with van der Waals surface area (Å²) in [5, 5.41) is 14.7. The lowest BCUT2D eigenvalue weighted by Gasteiger charge is -2.11. The van der Waals surface area contributed by atoms with Crippen LogP contribution >= 0.6 is 0 Å². The summed E-state index contributed by atoms with van der Waals surface area (Å²) in [4.78, 5) is 1.13. The molecule has 2 aromatic carbocycles. The van der Waals surface area contributed by atoms with Crippen molar-refractivity contribution in [3.63, 3.8) is 0 Å². The molecule has 3 rings (SSSR count). The average Bonchev–Trinajstić information content (AvgIpc) is 3.12. The Kier molecular flexibility index (Phi) is 7.30. The van der Waals surface area contributed by atoms with Crippen LogP contribution in [0, 0.1) is 6.92 Å². The minimum absolute atomic E-state index is 0.112. The maximum Gasteiger partial charge on any atom is 0.263 e. The highest BCUT2D eigenvalue weighted by atomic mass is 16.5. The fraction of sp³-hybridized carbons (Fsp3) is 0.263. The van der Waals surface area contributed by atoms with Gasteiger partial charge in [0.25, 0.3) is 5.95 Å². The van der Waals surface area contributed by atoms with Crippen molar-refractivity contribution in [1.29, 1.82) is 0 Å². The average molecular weight is 368 g/mol. The van der Waals surface area contributed by atoms with Crippen molar-refractivity contribution in [2.24, 2.45) is 5.10 Å². The van der Waals surface area contributed by atoms with Crippen molar-refractivity contribution in [2.45, 2.75) is 27.4 Å². The number of rotatable bonds is 6. The predicted molar refractivity (Wildman–Crippen MR) is 105 cm³/mol. The van der Waals surface area contributed by atoms with Gasteiger partial charge in [-0.3, -0.25) is 0 Å². The highest BCUT2D eigenvalue weighted by molar-refractivity contribution is 5.80. The number of methoxy groups -OCH3 is 1. The molecule has 2 N–H and O–H groups in total. The van der Waals surface area contributed by atoms with E-state index in [1.165, 1.54) is 5.56 Å². The number of nitrogens with two attached hydrogens (primary N) is 1. The first-order valence-electron chi connectivity index (χ1n) is 8.60. The third-order valence-electron chi connectivity index (χ3n) is 3.50. The number of ether oxygens (including phenoxy) is 2. The lowest BCUT2D eigenvalue weighted by molar-refractivity contribution is 0.284. The number of hydrogen-bond donors (Lipinski definition) is 1. The van der Waals surface area contributed by atoms with Crippen LogP contribution < -0.4 is 15.2 Å². The van der Waals surface area contributed by atoms with Crippen molar-refractivity contribution in [3.05, 3.63) is 59.2 Å². The summed E-state index contributed by atoms with van der Waals surface area (Å²) >= 11 is 0. The molecule has 0 radical (unpaired) electrons. The molecule has 142 valence electrons. The van der Waals surface area contributed by atoms with Crippen molar-refractivity contribution in [1.82, 2.24) is 20.3 Å². The van der Waals surface area contributed by atoms with Crippen LogP contribution in [0.5, 0.6) is 11.5 Å². The number of nitrogen functional groups attached to an aromatic ring is 1. The molecule has 0 spiro atoms. The molecule has 8 heteroatoms. The number of tetrazole rings is 1. The summed E-state index contributed by atoms with van der Waals surface area (Å²) in [6.07, 6.45) is 1.58. The molecule has 1 aromatic heterocycles. The monoisotopic (exact) mass is 368 g/mol. The van der Waals surface area contributed by atoms with E-state index in [4.69, 9.17) is 15.2 Å². The largest absolute Gasteiger partial charge is 0.493 e. The molecule has 0 aliphatic rings. The topological polar surface area (TPSA) is 100 Å². The van der Waals surface area contributed by atoms with Gasteiger partial charge in [-0.15, -0.1) is 0 Å². The molecule has 0 bridgehead atoms. The van der Waals surface area contributed by atoms with Gasteiger partial charge in [0.2, 0.25) is 0 Å². The van der Waals surface area contributed by atoms with Crippen molar-refractivity contribution in [2.75, 3.05) is 12.8 Å². The van der Waals surface area contributed by atoms with Gasteiger partial charge >= 0.3 is 0 Å². The zero-order valence-corrected chi connectivity index (χ0v) is 16.0. The van der Waals surface area contributed by atoms with Crippen LogP contribution in [-0.2, 0) is 6.61 Å². The van der Waals surface area contributed by atoms with Gasteiger partial charge < -0.3 is 15.2 Å². The van der Waals surface area contributed by atoms with E-state index in [2.05, 4.69) is 39.7 Å². The standard InChI is InChI=1S/C17H18N6O2.C2H6/c1-12-3-5-13(6-4-12)11-25-15-8-7-14(9-16(15)24-2)10-19-23-17(18)20-21-22-23;1-2/h3-10H,11H2,1-2H3,(H2,18,20,22);1-2H3/b19-10+;. The summed E-state index contributed by atoms with van der Waals surface area (Å²) in [6, 6.07) is 13.7. The molecule has 0 saturated carbocycles. The second kappa shape index (κ2) is 9.91. The Morgan fingerprint density at radius 2 is 1.85 bits per heavy atom. The van der Waals surface area contributed by atoms with Crippen LogP contribution in [0.2, 0.25) is 0 Å². The van der Waals surface area contributed by atoms with Crippen LogP contribution in [-0.4, -0.2) is 33.6 Å². The fourth-order valence-electron chi connectivity index (χ4n) is 2.12. The molecule has 0 aliphatic heterocycles. The minimum atomic E-state index is 0.112. The van der Waals surface area contributed by atoms with Crippen LogP contribution in [0.1, 0.15) is 30.5 Å². The van der Waals surface area contributed by atoms with Crippen LogP contribution in [0.4, 0.5) is 5.95 Å². The second-order valence-electron chi connectivity index (χ2n) is 5.36. The molecule has 0 unspecified atom stereocenters. The molecule has 8 nitrogen and oxygen atoms in total. The number of anilines is 1. The fourth-order valence-corrected chi connectivity index (χ4v) is 2.12. The number of aromatic nitrogens is 4. The second-order valence-corrected chi connectivity index (χ2v) is 5.36. The molecule has 0 aliphatic carbocycles. The van der Waals surface area contributed by atoms with Gasteiger partial charge in [-0.1, -0.05) is 53.6 Å². The SMILES string of the molecule is CC.COc1cc(/C=N/n2nnnc2N)ccc1OCc1ccc(C)cc1. The zero-order chi connectivity index (χ0) is 19.6. The molecular formula is C19H24N6O2. The quantitative estimate of drug-likeness (QED) is 0.671. The number of nitrogens with zero attached hydrogens (tertiary/aromatic N) is 5. The number of hydrogen-bond acceptors (Lipinski definition) is 7. The lowest BCUT2D eigenvalue weighted by Crippen LogP contribution is -2.00. The van der Waals surface area contributed by atoms with Crippen molar-refractivity contribution >= 4 is 12.2 Å². The van der Waals surface area contributed by atoms with Gasteiger partial charge in [0.1, 0.15) is 6.61 Å². The first-order valence-corrected chi connectivity index (χ1v) is 8.60. The predicted octanol–water partition coefficient (Wildman–Crippen LogP) is 3.06. The first-order chi connectivity index (χ1) is 13.2. The summed E-state index contributed by atoms with van der Waals surface area (Å²) in [7, 11) is 1.59. The van der Waals surface area contributed by atoms with Crippen molar-refractivity contribution < 1.29 is 9.47 Å². The molecule has 1 heterocycles. The molecule has 3 aromatic rings. The van der Waals surface area contributed by atoms with Gasteiger partial charge in [0.05, 0.1) is 13.3 Å². The molecule has 27 heavy (non-hydrogen) atoms. The minimum Gasteiger partial charge on any atom is -0.493 e.